The summed E-state index contributed by atoms with van der Waals surface area (Å²) in [7, 11) is -4.94. The Morgan fingerprint density at radius 1 is 0.867 bits per heavy atom. The summed E-state index contributed by atoms with van der Waals surface area (Å²) in [5, 5.41) is 2.94. The molecule has 0 unspecified atom stereocenters. The van der Waals surface area contributed by atoms with Crippen LogP contribution in [0.4, 0.5) is 22.7 Å². The van der Waals surface area contributed by atoms with Gasteiger partial charge in [-0.05, 0) is 18.2 Å². The lowest BCUT2D eigenvalue weighted by molar-refractivity contribution is 0.0980. The lowest BCUT2D eigenvalue weighted by Gasteiger charge is -2.23. The van der Waals surface area contributed by atoms with Crippen molar-refractivity contribution in [3.8, 4) is 5.75 Å². The molecule has 152 valence electrons. The van der Waals surface area contributed by atoms with Crippen LogP contribution in [0.5, 0.6) is 5.75 Å². The summed E-state index contributed by atoms with van der Waals surface area (Å²) in [5.74, 6) is -1.55. The number of carbonyl (C=O) groups excluding carboxylic acids is 2. The minimum Gasteiger partial charge on any atom is -0.399 e. The van der Waals surface area contributed by atoms with Gasteiger partial charge < -0.3 is 21.0 Å². The first-order valence-corrected chi connectivity index (χ1v) is 9.96. The van der Waals surface area contributed by atoms with Crippen molar-refractivity contribution in [1.82, 2.24) is 0 Å². The van der Waals surface area contributed by atoms with Gasteiger partial charge in [0.05, 0.1) is 22.5 Å². The molecule has 10 heteroatoms. The molecule has 6 N–H and O–H groups in total. The summed E-state index contributed by atoms with van der Waals surface area (Å²) >= 11 is 0. The van der Waals surface area contributed by atoms with Gasteiger partial charge in [0.15, 0.2) is 17.3 Å². The van der Waals surface area contributed by atoms with E-state index in [1.165, 1.54) is 12.1 Å². The Labute approximate surface area is 171 Å². The van der Waals surface area contributed by atoms with Crippen LogP contribution in [0.15, 0.2) is 54.6 Å². The topological polar surface area (TPSA) is 162 Å². The van der Waals surface area contributed by atoms with Gasteiger partial charge in [-0.15, -0.1) is 0 Å². The Kier molecular flexibility index (Phi) is 4.45. The van der Waals surface area contributed by atoms with Crippen molar-refractivity contribution in [2.45, 2.75) is 0 Å². The van der Waals surface area contributed by atoms with Gasteiger partial charge in [0.2, 0.25) is 0 Å². The molecule has 1 aliphatic rings. The van der Waals surface area contributed by atoms with Crippen LogP contribution in [-0.2, 0) is 10.4 Å². The highest BCUT2D eigenvalue weighted by Gasteiger charge is 2.35. The number of nitrogens with one attached hydrogen (secondary N) is 1. The second kappa shape index (κ2) is 6.87. The Hall–Kier alpha value is -3.89. The molecular formula is C20H15N3O6S. The number of nitrogen functional groups attached to an aromatic ring is 2. The van der Waals surface area contributed by atoms with E-state index in [-0.39, 0.29) is 33.6 Å². The third-order valence-corrected chi connectivity index (χ3v) is 4.95. The molecule has 9 nitrogen and oxygen atoms in total. The van der Waals surface area contributed by atoms with Crippen molar-refractivity contribution in [3.63, 3.8) is 0 Å². The maximum atomic E-state index is 13.2. The van der Waals surface area contributed by atoms with Gasteiger partial charge in [0.1, 0.15) is 0 Å². The highest BCUT2D eigenvalue weighted by molar-refractivity contribution is 7.81. The molecule has 0 aromatic heterocycles. The predicted molar refractivity (Wildman–Crippen MR) is 110 cm³/mol. The van der Waals surface area contributed by atoms with E-state index in [9.17, 15) is 18.0 Å². The van der Waals surface area contributed by atoms with E-state index >= 15 is 0 Å². The number of ketones is 2. The first kappa shape index (κ1) is 19.4. The second-order valence-corrected chi connectivity index (χ2v) is 7.57. The van der Waals surface area contributed by atoms with E-state index in [1.807, 2.05) is 0 Å². The zero-order chi connectivity index (χ0) is 21.6. The molecule has 0 aliphatic heterocycles. The third kappa shape index (κ3) is 3.34. The summed E-state index contributed by atoms with van der Waals surface area (Å²) in [6.45, 7) is 0. The normalized spacial score (nSPS) is 12.8. The number of carbonyl (C=O) groups is 2. The van der Waals surface area contributed by atoms with Crippen molar-refractivity contribution < 1.29 is 26.7 Å². The largest absolute Gasteiger partial charge is 0.446 e. The van der Waals surface area contributed by atoms with Crippen molar-refractivity contribution in [2.75, 3.05) is 16.8 Å². The predicted octanol–water partition coefficient (Wildman–Crippen LogP) is 2.55. The fourth-order valence-corrected chi connectivity index (χ4v) is 3.71. The van der Waals surface area contributed by atoms with Gasteiger partial charge >= 0.3 is 10.4 Å². The van der Waals surface area contributed by atoms with Crippen molar-refractivity contribution >= 4 is 44.7 Å². The molecule has 0 bridgehead atoms. The Bertz CT molecular complexity index is 1330. The van der Waals surface area contributed by atoms with E-state index in [4.69, 9.17) is 16.0 Å². The zero-order valence-electron chi connectivity index (χ0n) is 15.2. The van der Waals surface area contributed by atoms with Gasteiger partial charge in [-0.3, -0.25) is 14.1 Å². The first-order chi connectivity index (χ1) is 14.2. The number of nitrogens with two attached hydrogens (primary N) is 2. The fraction of sp³-hybridized carbons (Fsp3) is 0. The average molecular weight is 425 g/mol. The lowest BCUT2D eigenvalue weighted by Crippen LogP contribution is -2.24. The maximum absolute atomic E-state index is 13.2. The van der Waals surface area contributed by atoms with E-state index in [1.54, 1.807) is 36.4 Å². The third-order valence-electron chi connectivity index (χ3n) is 4.56. The van der Waals surface area contributed by atoms with E-state index in [2.05, 4.69) is 9.50 Å². The van der Waals surface area contributed by atoms with Gasteiger partial charge in [-0.2, -0.15) is 8.42 Å². The molecule has 0 fully saturated rings. The van der Waals surface area contributed by atoms with E-state index in [0.717, 1.165) is 6.07 Å². The van der Waals surface area contributed by atoms with Crippen LogP contribution in [-0.4, -0.2) is 24.5 Å². The van der Waals surface area contributed by atoms with Crippen molar-refractivity contribution in [1.29, 1.82) is 0 Å². The Morgan fingerprint density at radius 3 is 2.10 bits per heavy atom. The van der Waals surface area contributed by atoms with Gasteiger partial charge in [-0.1, -0.05) is 30.3 Å². The van der Waals surface area contributed by atoms with Crippen LogP contribution < -0.4 is 21.0 Å². The number of fused-ring (bicyclic) bond motifs is 2. The Balaban J connectivity index is 1.98. The number of benzene rings is 3. The fourth-order valence-electron chi connectivity index (χ4n) is 3.35. The second-order valence-electron chi connectivity index (χ2n) is 6.55. The van der Waals surface area contributed by atoms with Gasteiger partial charge in [0, 0.05) is 28.6 Å². The highest BCUT2D eigenvalue weighted by atomic mass is 32.3. The van der Waals surface area contributed by atoms with Crippen LogP contribution >= 0.6 is 0 Å². The number of hydrogen-bond acceptors (Lipinski definition) is 8. The molecule has 30 heavy (non-hydrogen) atoms. The zero-order valence-corrected chi connectivity index (χ0v) is 16.1. The molecule has 3 aromatic rings. The highest BCUT2D eigenvalue weighted by Crippen LogP contribution is 2.42. The van der Waals surface area contributed by atoms with Crippen LogP contribution in [0, 0.1) is 0 Å². The van der Waals surface area contributed by atoms with Crippen LogP contribution in [0.2, 0.25) is 0 Å². The minimum absolute atomic E-state index is 0.0405. The molecule has 0 radical (unpaired) electrons. The molecule has 0 atom stereocenters. The number of rotatable bonds is 4. The molecule has 0 saturated heterocycles. The summed E-state index contributed by atoms with van der Waals surface area (Å²) < 4.78 is 36.2. The van der Waals surface area contributed by atoms with Crippen molar-refractivity contribution in [2.24, 2.45) is 0 Å². The molecule has 0 spiro atoms. The first-order valence-electron chi connectivity index (χ1n) is 8.60. The van der Waals surface area contributed by atoms with Crippen LogP contribution in [0.1, 0.15) is 31.8 Å². The monoisotopic (exact) mass is 425 g/mol. The molecular weight excluding hydrogens is 410 g/mol. The molecule has 3 aromatic carbocycles. The molecule has 1 aliphatic carbocycles. The van der Waals surface area contributed by atoms with E-state index in [0.29, 0.717) is 11.4 Å². The minimum atomic E-state index is -4.94. The van der Waals surface area contributed by atoms with Crippen LogP contribution in [0.3, 0.4) is 0 Å². The lowest BCUT2D eigenvalue weighted by atomic mass is 9.82. The van der Waals surface area contributed by atoms with E-state index < -0.39 is 27.7 Å². The SMILES string of the molecule is Nc1cccc(Nc2cc(OS(=O)(=O)O)c(N)c3c2C(=O)c2ccccc2C3=O)c1. The number of hydrogen-bond donors (Lipinski definition) is 4. The molecule has 4 rings (SSSR count). The quantitative estimate of drug-likeness (QED) is 0.284. The van der Waals surface area contributed by atoms with Crippen LogP contribution in [0.25, 0.3) is 0 Å². The summed E-state index contributed by atoms with van der Waals surface area (Å²) in [4.78, 5) is 26.3. The molecule has 0 saturated carbocycles. The smallest absolute Gasteiger partial charge is 0.399 e. The maximum Gasteiger partial charge on any atom is 0.446 e. The standard InChI is InChI=1S/C20H15N3O6S/c21-10-4-3-5-11(8-10)23-14-9-15(29-30(26,27)28)18(22)17-16(14)19(24)12-6-1-2-7-13(12)20(17)25/h1-9,23H,21-22H2,(H,26,27,28). The summed E-state index contributed by atoms with van der Waals surface area (Å²) in [5.41, 5.74) is 12.4. The average Bonchev–Trinajstić information content (AvgIpc) is 2.67. The van der Waals surface area contributed by atoms with Gasteiger partial charge in [0.25, 0.3) is 0 Å². The number of anilines is 4. The molecule has 0 amide bonds. The van der Waals surface area contributed by atoms with Crippen molar-refractivity contribution in [3.05, 3.63) is 76.9 Å². The summed E-state index contributed by atoms with van der Waals surface area (Å²) in [6, 6.07) is 13.9. The summed E-state index contributed by atoms with van der Waals surface area (Å²) in [6.07, 6.45) is 0. The Morgan fingerprint density at radius 2 is 1.50 bits per heavy atom. The van der Waals surface area contributed by atoms with Gasteiger partial charge in [-0.25, -0.2) is 0 Å². The molecule has 0 heterocycles.